The van der Waals surface area contributed by atoms with Gasteiger partial charge in [0.05, 0.1) is 0 Å². The minimum absolute atomic E-state index is 0.191. The number of hydrogen-bond acceptors (Lipinski definition) is 2. The Labute approximate surface area is 115 Å². The van der Waals surface area contributed by atoms with Gasteiger partial charge >= 0.3 is 0 Å². The van der Waals surface area contributed by atoms with Crippen LogP contribution in [0.25, 0.3) is 0 Å². The first-order valence-electron chi connectivity index (χ1n) is 6.60. The molecule has 0 aliphatic heterocycles. The van der Waals surface area contributed by atoms with E-state index < -0.39 is 15.8 Å². The lowest BCUT2D eigenvalue weighted by atomic mass is 10.0. The first-order valence-corrected chi connectivity index (χ1v) is 8.08. The molecule has 0 aliphatic carbocycles. The third kappa shape index (κ3) is 5.28. The number of sulfonamides is 1. The van der Waals surface area contributed by atoms with Crippen LogP contribution in [0.3, 0.4) is 0 Å². The fraction of sp³-hybridized carbons (Fsp3) is 0.571. The van der Waals surface area contributed by atoms with Crippen LogP contribution in [0, 0.1) is 11.7 Å². The van der Waals surface area contributed by atoms with Gasteiger partial charge in [-0.1, -0.05) is 38.8 Å². The van der Waals surface area contributed by atoms with E-state index in [0.29, 0.717) is 5.92 Å². The Hall–Kier alpha value is -0.940. The highest BCUT2D eigenvalue weighted by atomic mass is 32.2. The maximum Gasteiger partial charge on any atom is 0.243 e. The van der Waals surface area contributed by atoms with Crippen LogP contribution in [0.15, 0.2) is 29.2 Å². The lowest BCUT2D eigenvalue weighted by Gasteiger charge is -2.15. The van der Waals surface area contributed by atoms with E-state index >= 15 is 0 Å². The number of nitrogens with one attached hydrogen (secondary N) is 1. The second-order valence-corrected chi connectivity index (χ2v) is 6.96. The van der Waals surface area contributed by atoms with E-state index in [1.807, 2.05) is 0 Å². The molecule has 1 aromatic rings. The van der Waals surface area contributed by atoms with Gasteiger partial charge in [0.2, 0.25) is 10.0 Å². The monoisotopic (exact) mass is 287 g/mol. The van der Waals surface area contributed by atoms with Gasteiger partial charge in [0.25, 0.3) is 0 Å². The predicted octanol–water partition coefficient (Wildman–Crippen LogP) is 3.32. The standard InChI is InChI=1S/C14H22FNO2S/c1-11(2)7-6-8-12(3)16-19(17,18)14-10-5-4-9-13(14)15/h4-5,9-12,16H,6-8H2,1-3H3. The maximum absolute atomic E-state index is 13.5. The average Bonchev–Trinajstić information content (AvgIpc) is 2.27. The van der Waals surface area contributed by atoms with Gasteiger partial charge in [-0.3, -0.25) is 0 Å². The van der Waals surface area contributed by atoms with Gasteiger partial charge < -0.3 is 0 Å². The molecule has 0 spiro atoms. The molecule has 0 fully saturated rings. The van der Waals surface area contributed by atoms with Crippen molar-refractivity contribution in [3.63, 3.8) is 0 Å². The van der Waals surface area contributed by atoms with Crippen LogP contribution < -0.4 is 4.72 Å². The molecule has 0 amide bonds. The van der Waals surface area contributed by atoms with E-state index in [0.717, 1.165) is 25.3 Å². The van der Waals surface area contributed by atoms with E-state index in [-0.39, 0.29) is 10.9 Å². The lowest BCUT2D eigenvalue weighted by molar-refractivity contribution is 0.486. The maximum atomic E-state index is 13.5. The Morgan fingerprint density at radius 3 is 2.37 bits per heavy atom. The molecule has 0 aliphatic rings. The van der Waals surface area contributed by atoms with Crippen LogP contribution in [0.1, 0.15) is 40.0 Å². The van der Waals surface area contributed by atoms with Crippen molar-refractivity contribution in [1.82, 2.24) is 4.72 Å². The quantitative estimate of drug-likeness (QED) is 0.836. The van der Waals surface area contributed by atoms with E-state index in [1.54, 1.807) is 6.92 Å². The van der Waals surface area contributed by atoms with Crippen molar-refractivity contribution in [3.05, 3.63) is 30.1 Å². The fourth-order valence-electron chi connectivity index (χ4n) is 1.88. The molecule has 3 nitrogen and oxygen atoms in total. The summed E-state index contributed by atoms with van der Waals surface area (Å²) in [6, 6.07) is 5.22. The molecule has 5 heteroatoms. The molecule has 1 rings (SSSR count). The third-order valence-electron chi connectivity index (χ3n) is 2.90. The number of benzene rings is 1. The summed E-state index contributed by atoms with van der Waals surface area (Å²) in [5.41, 5.74) is 0. The molecule has 19 heavy (non-hydrogen) atoms. The van der Waals surface area contributed by atoms with Crippen molar-refractivity contribution in [2.75, 3.05) is 0 Å². The molecule has 0 bridgehead atoms. The van der Waals surface area contributed by atoms with E-state index in [4.69, 9.17) is 0 Å². The summed E-state index contributed by atoms with van der Waals surface area (Å²) in [7, 11) is -3.77. The lowest BCUT2D eigenvalue weighted by Crippen LogP contribution is -2.33. The average molecular weight is 287 g/mol. The summed E-state index contributed by atoms with van der Waals surface area (Å²) >= 11 is 0. The molecule has 1 atom stereocenters. The topological polar surface area (TPSA) is 46.2 Å². The minimum Gasteiger partial charge on any atom is -0.208 e. The third-order valence-corrected chi connectivity index (χ3v) is 4.52. The van der Waals surface area contributed by atoms with Crippen LogP contribution in [-0.2, 0) is 10.0 Å². The summed E-state index contributed by atoms with van der Waals surface area (Å²) < 4.78 is 40.0. The minimum atomic E-state index is -3.77. The van der Waals surface area contributed by atoms with Gasteiger partial charge in [0, 0.05) is 6.04 Å². The Morgan fingerprint density at radius 2 is 1.79 bits per heavy atom. The van der Waals surface area contributed by atoms with Crippen LogP contribution in [0.2, 0.25) is 0 Å². The van der Waals surface area contributed by atoms with Crippen molar-refractivity contribution in [2.45, 2.75) is 51.0 Å². The smallest absolute Gasteiger partial charge is 0.208 e. The summed E-state index contributed by atoms with van der Waals surface area (Å²) in [4.78, 5) is -0.286. The fourth-order valence-corrected chi connectivity index (χ4v) is 3.24. The molecule has 1 unspecified atom stereocenters. The highest BCUT2D eigenvalue weighted by molar-refractivity contribution is 7.89. The zero-order valence-electron chi connectivity index (χ0n) is 11.7. The Bertz CT molecular complexity index is 500. The van der Waals surface area contributed by atoms with E-state index in [2.05, 4.69) is 18.6 Å². The summed E-state index contributed by atoms with van der Waals surface area (Å²) in [5, 5.41) is 0. The molecular weight excluding hydrogens is 265 g/mol. The van der Waals surface area contributed by atoms with Gasteiger partial charge in [-0.25, -0.2) is 17.5 Å². The Morgan fingerprint density at radius 1 is 1.16 bits per heavy atom. The van der Waals surface area contributed by atoms with Gasteiger partial charge in [-0.15, -0.1) is 0 Å². The molecular formula is C14H22FNO2S. The van der Waals surface area contributed by atoms with Crippen molar-refractivity contribution >= 4 is 10.0 Å². The second kappa shape index (κ2) is 7.01. The van der Waals surface area contributed by atoms with E-state index in [1.165, 1.54) is 18.2 Å². The normalized spacial score (nSPS) is 13.7. The number of halogens is 1. The molecule has 0 aromatic heterocycles. The molecule has 0 heterocycles. The zero-order valence-corrected chi connectivity index (χ0v) is 12.5. The molecule has 1 aromatic carbocycles. The Balaban J connectivity index is 2.63. The molecule has 0 radical (unpaired) electrons. The van der Waals surface area contributed by atoms with Crippen LogP contribution >= 0.6 is 0 Å². The predicted molar refractivity (Wildman–Crippen MR) is 74.9 cm³/mol. The van der Waals surface area contributed by atoms with Gasteiger partial charge in [0.15, 0.2) is 0 Å². The number of hydrogen-bond donors (Lipinski definition) is 1. The largest absolute Gasteiger partial charge is 0.243 e. The van der Waals surface area contributed by atoms with Crippen LogP contribution in [0.4, 0.5) is 4.39 Å². The van der Waals surface area contributed by atoms with Crippen LogP contribution in [0.5, 0.6) is 0 Å². The molecule has 108 valence electrons. The van der Waals surface area contributed by atoms with Crippen LogP contribution in [-0.4, -0.2) is 14.5 Å². The molecule has 1 N–H and O–H groups in total. The van der Waals surface area contributed by atoms with Crippen molar-refractivity contribution in [3.8, 4) is 0 Å². The first-order chi connectivity index (χ1) is 8.83. The highest BCUT2D eigenvalue weighted by Gasteiger charge is 2.20. The molecule has 0 saturated carbocycles. The van der Waals surface area contributed by atoms with Gasteiger partial charge in [-0.05, 0) is 31.4 Å². The Kier molecular flexibility index (Phi) is 5.94. The zero-order chi connectivity index (χ0) is 14.5. The second-order valence-electron chi connectivity index (χ2n) is 5.28. The van der Waals surface area contributed by atoms with Crippen molar-refractivity contribution < 1.29 is 12.8 Å². The van der Waals surface area contributed by atoms with Crippen molar-refractivity contribution in [1.29, 1.82) is 0 Å². The summed E-state index contributed by atoms with van der Waals surface area (Å²) in [5.74, 6) is -0.111. The number of rotatable bonds is 7. The van der Waals surface area contributed by atoms with E-state index in [9.17, 15) is 12.8 Å². The highest BCUT2D eigenvalue weighted by Crippen LogP contribution is 2.15. The van der Waals surface area contributed by atoms with Gasteiger partial charge in [0.1, 0.15) is 10.7 Å². The van der Waals surface area contributed by atoms with Crippen molar-refractivity contribution in [2.24, 2.45) is 5.92 Å². The summed E-state index contributed by atoms with van der Waals surface area (Å²) in [6.45, 7) is 6.07. The SMILES string of the molecule is CC(C)CCCC(C)NS(=O)(=O)c1ccccc1F. The molecule has 0 saturated heterocycles. The first kappa shape index (κ1) is 16.1. The summed E-state index contributed by atoms with van der Waals surface area (Å²) in [6.07, 6.45) is 2.77. The van der Waals surface area contributed by atoms with Gasteiger partial charge in [-0.2, -0.15) is 0 Å².